The maximum Gasteiger partial charge on any atom is -0.00106 e. The normalized spacial score (nSPS) is 13.2. The zero-order valence-electron chi connectivity index (χ0n) is 35.0. The van der Waals surface area contributed by atoms with Crippen molar-refractivity contribution < 1.29 is 0 Å². The third-order valence-corrected chi connectivity index (χ3v) is 14.8. The molecule has 0 unspecified atom stereocenters. The Morgan fingerprint density at radius 2 is 0.532 bits per heavy atom. The molecule has 4 aliphatic rings. The first-order chi connectivity index (χ1) is 30.7. The second kappa shape index (κ2) is 14.3. The second-order valence-electron chi connectivity index (χ2n) is 18.2. The highest BCUT2D eigenvalue weighted by Crippen LogP contribution is 2.44. The van der Waals surface area contributed by atoms with Gasteiger partial charge in [-0.2, -0.15) is 0 Å². The Bertz CT molecular complexity index is 3180. The molecule has 0 nitrogen and oxygen atoms in total. The van der Waals surface area contributed by atoms with E-state index in [1.807, 2.05) is 0 Å². The van der Waals surface area contributed by atoms with Gasteiger partial charge in [0.1, 0.15) is 0 Å². The molecular formula is C62H46. The summed E-state index contributed by atoms with van der Waals surface area (Å²) in [6.07, 6.45) is 7.68. The highest BCUT2D eigenvalue weighted by molar-refractivity contribution is 5.81. The van der Waals surface area contributed by atoms with Gasteiger partial charge in [-0.05, 0) is 185 Å². The second-order valence-corrected chi connectivity index (χ2v) is 18.2. The Morgan fingerprint density at radius 1 is 0.242 bits per heavy atom. The molecule has 0 saturated carbocycles. The third-order valence-electron chi connectivity index (χ3n) is 14.8. The molecule has 0 bridgehead atoms. The van der Waals surface area contributed by atoms with E-state index < -0.39 is 0 Å². The van der Waals surface area contributed by atoms with Crippen LogP contribution in [-0.4, -0.2) is 0 Å². The Balaban J connectivity index is 0.989. The summed E-state index contributed by atoms with van der Waals surface area (Å²) in [4.78, 5) is 0. The van der Waals surface area contributed by atoms with Crippen molar-refractivity contribution in [1.29, 1.82) is 0 Å². The molecule has 294 valence electrons. The predicted molar refractivity (Wildman–Crippen MR) is 256 cm³/mol. The van der Waals surface area contributed by atoms with Crippen molar-refractivity contribution in [1.82, 2.24) is 0 Å². The van der Waals surface area contributed by atoms with Crippen LogP contribution in [0.5, 0.6) is 0 Å². The number of hydrogen-bond donors (Lipinski definition) is 0. The number of fused-ring (bicyclic) bond motifs is 12. The fourth-order valence-electron chi connectivity index (χ4n) is 11.9. The quantitative estimate of drug-likeness (QED) is 0.144. The molecule has 13 rings (SSSR count). The topological polar surface area (TPSA) is 0 Å². The van der Waals surface area contributed by atoms with Gasteiger partial charge in [-0.25, -0.2) is 0 Å². The lowest BCUT2D eigenvalue weighted by molar-refractivity contribution is 0.988. The van der Waals surface area contributed by atoms with Gasteiger partial charge in [0.15, 0.2) is 0 Å². The summed E-state index contributed by atoms with van der Waals surface area (Å²) >= 11 is 0. The van der Waals surface area contributed by atoms with Crippen LogP contribution in [-0.2, 0) is 51.4 Å². The molecule has 0 heteroatoms. The summed E-state index contributed by atoms with van der Waals surface area (Å²) in [5.74, 6) is 0. The summed E-state index contributed by atoms with van der Waals surface area (Å²) in [5.41, 5.74) is 34.7. The molecule has 9 aromatic rings. The fraction of sp³-hybridized carbons (Fsp3) is 0.129. The molecule has 0 aromatic heterocycles. The minimum absolute atomic E-state index is 0.916. The van der Waals surface area contributed by atoms with E-state index in [2.05, 4.69) is 182 Å². The van der Waals surface area contributed by atoms with Gasteiger partial charge in [-0.3, -0.25) is 0 Å². The van der Waals surface area contributed by atoms with E-state index in [0.717, 1.165) is 51.4 Å². The monoisotopic (exact) mass is 790 g/mol. The Kier molecular flexibility index (Phi) is 8.23. The Labute approximate surface area is 365 Å². The van der Waals surface area contributed by atoms with Crippen LogP contribution in [0.2, 0.25) is 0 Å². The van der Waals surface area contributed by atoms with Gasteiger partial charge in [0.25, 0.3) is 0 Å². The highest BCUT2D eigenvalue weighted by atomic mass is 14.3. The van der Waals surface area contributed by atoms with Gasteiger partial charge in [0, 0.05) is 0 Å². The Morgan fingerprint density at radius 3 is 0.887 bits per heavy atom. The molecule has 0 radical (unpaired) electrons. The molecular weight excluding hydrogens is 745 g/mol. The van der Waals surface area contributed by atoms with Crippen molar-refractivity contribution in [3.8, 4) is 44.5 Å². The molecule has 0 atom stereocenters. The van der Waals surface area contributed by atoms with E-state index in [9.17, 15) is 0 Å². The first-order valence-corrected chi connectivity index (χ1v) is 22.6. The lowest BCUT2D eigenvalue weighted by Crippen LogP contribution is -2.09. The van der Waals surface area contributed by atoms with Crippen LogP contribution in [0.25, 0.3) is 44.5 Å². The van der Waals surface area contributed by atoms with Gasteiger partial charge in [0.2, 0.25) is 0 Å². The summed E-state index contributed by atoms with van der Waals surface area (Å²) in [6.45, 7) is 0. The van der Waals surface area contributed by atoms with Crippen LogP contribution in [0, 0.1) is 0 Å². The summed E-state index contributed by atoms with van der Waals surface area (Å²) in [5, 5.41) is 0. The minimum Gasteiger partial charge on any atom is -0.0619 e. The first kappa shape index (κ1) is 35.7. The molecule has 4 aliphatic carbocycles. The first-order valence-electron chi connectivity index (χ1n) is 22.6. The zero-order chi connectivity index (χ0) is 40.7. The standard InChI is InChI=1S/C62H46/c1-5-21-50-43(13-1)35-59-40(17-9-25-54(50)59)29-39-30-48(32-41-18-10-26-55-51-22-6-2-14-44(51)36-60(41)55)58(34-47-20-12-28-57-53-24-8-4-16-46(53)38-62(47)57)49(31-39)33-42-19-11-27-56-52-23-7-3-15-45(52)37-61(42)56/h1-28,30-31H,29,32-38H2. The molecule has 0 spiro atoms. The molecule has 0 saturated heterocycles. The van der Waals surface area contributed by atoms with Crippen LogP contribution in [0.1, 0.15) is 89.0 Å². The molecule has 0 heterocycles. The van der Waals surface area contributed by atoms with Crippen LogP contribution >= 0.6 is 0 Å². The van der Waals surface area contributed by atoms with Crippen molar-refractivity contribution >= 4 is 0 Å². The minimum atomic E-state index is 0.916. The van der Waals surface area contributed by atoms with Gasteiger partial charge < -0.3 is 0 Å². The average molecular weight is 791 g/mol. The van der Waals surface area contributed by atoms with E-state index in [-0.39, 0.29) is 0 Å². The molecule has 62 heavy (non-hydrogen) atoms. The number of rotatable bonds is 8. The molecule has 0 amide bonds. The summed E-state index contributed by atoms with van der Waals surface area (Å²) in [6, 6.07) is 69.6. The van der Waals surface area contributed by atoms with Crippen molar-refractivity contribution in [2.24, 2.45) is 0 Å². The number of benzene rings is 9. The Hall–Kier alpha value is -7.02. The summed E-state index contributed by atoms with van der Waals surface area (Å²) in [7, 11) is 0. The van der Waals surface area contributed by atoms with Crippen LogP contribution in [0.15, 0.2) is 182 Å². The van der Waals surface area contributed by atoms with Gasteiger partial charge in [-0.15, -0.1) is 0 Å². The van der Waals surface area contributed by atoms with E-state index in [1.54, 1.807) is 0 Å². The van der Waals surface area contributed by atoms with Crippen LogP contribution in [0.3, 0.4) is 0 Å². The van der Waals surface area contributed by atoms with Crippen molar-refractivity contribution in [3.05, 3.63) is 271 Å². The summed E-state index contributed by atoms with van der Waals surface area (Å²) < 4.78 is 0. The van der Waals surface area contributed by atoms with Gasteiger partial charge in [0.05, 0.1) is 0 Å². The predicted octanol–water partition coefficient (Wildman–Crippen LogP) is 14.3. The SMILES string of the molecule is c1ccc2c(c1)Cc1c(Cc3cc(Cc4cccc5c4Cc4ccccc4-5)c(Cc4cccc5c4Cc4ccccc4-5)c(Cc4cccc5c4Cc4ccccc4-5)c3)cccc1-2. The van der Waals surface area contributed by atoms with Crippen LogP contribution in [0.4, 0.5) is 0 Å². The van der Waals surface area contributed by atoms with Gasteiger partial charge >= 0.3 is 0 Å². The maximum absolute atomic E-state index is 2.62. The van der Waals surface area contributed by atoms with Crippen LogP contribution < -0.4 is 0 Å². The molecule has 0 aliphatic heterocycles. The van der Waals surface area contributed by atoms with Gasteiger partial charge in [-0.1, -0.05) is 182 Å². The molecule has 0 fully saturated rings. The van der Waals surface area contributed by atoms with E-state index in [0.29, 0.717) is 0 Å². The maximum atomic E-state index is 2.62. The largest absolute Gasteiger partial charge is 0.0619 e. The van der Waals surface area contributed by atoms with Crippen molar-refractivity contribution in [2.75, 3.05) is 0 Å². The highest BCUT2D eigenvalue weighted by Gasteiger charge is 2.27. The lowest BCUT2D eigenvalue weighted by atomic mass is 9.83. The third kappa shape index (κ3) is 5.81. The van der Waals surface area contributed by atoms with E-state index in [1.165, 1.54) is 134 Å². The van der Waals surface area contributed by atoms with Crippen molar-refractivity contribution in [2.45, 2.75) is 51.4 Å². The molecule has 9 aromatic carbocycles. The molecule has 0 N–H and O–H groups in total. The fourth-order valence-corrected chi connectivity index (χ4v) is 11.9. The number of hydrogen-bond acceptors (Lipinski definition) is 0. The lowest BCUT2D eigenvalue weighted by Gasteiger charge is -2.22. The zero-order valence-corrected chi connectivity index (χ0v) is 35.0. The van der Waals surface area contributed by atoms with Crippen molar-refractivity contribution in [3.63, 3.8) is 0 Å². The smallest absolute Gasteiger partial charge is 0.00106 e. The van der Waals surface area contributed by atoms with E-state index >= 15 is 0 Å². The van der Waals surface area contributed by atoms with E-state index in [4.69, 9.17) is 0 Å². The average Bonchev–Trinajstić information content (AvgIpc) is 4.09.